The van der Waals surface area contributed by atoms with Crippen LogP contribution in [-0.2, 0) is 0 Å². The van der Waals surface area contributed by atoms with E-state index >= 15 is 0 Å². The van der Waals surface area contributed by atoms with Gasteiger partial charge in [0.2, 0.25) is 0 Å². The predicted molar refractivity (Wildman–Crippen MR) is 98.2 cm³/mol. The van der Waals surface area contributed by atoms with Gasteiger partial charge >= 0.3 is 0 Å². The molecule has 24 heavy (non-hydrogen) atoms. The lowest BCUT2D eigenvalue weighted by molar-refractivity contribution is 1.19. The smallest absolute Gasteiger partial charge is 0.165 e. The summed E-state index contributed by atoms with van der Waals surface area (Å²) in [5, 5.41) is 2.28. The van der Waals surface area contributed by atoms with Gasteiger partial charge in [-0.15, -0.1) is 0 Å². The Kier molecular flexibility index (Phi) is 2.71. The zero-order chi connectivity index (χ0) is 16.1. The van der Waals surface area contributed by atoms with Gasteiger partial charge in [0.25, 0.3) is 0 Å². The molecule has 5 rings (SSSR count). The maximum Gasteiger partial charge on any atom is 0.165 e. The molecular weight excluding hydrogens is 294 g/mol. The van der Waals surface area contributed by atoms with Gasteiger partial charge in [-0.3, -0.25) is 4.40 Å². The van der Waals surface area contributed by atoms with E-state index in [-0.39, 0.29) is 0 Å². The average molecular weight is 309 g/mol. The number of hydrogen-bond donors (Lipinski definition) is 0. The molecule has 0 spiro atoms. The van der Waals surface area contributed by atoms with Crippen molar-refractivity contribution in [3.63, 3.8) is 0 Å². The van der Waals surface area contributed by atoms with E-state index in [1.54, 1.807) is 0 Å². The minimum atomic E-state index is 0.903. The topological polar surface area (TPSA) is 30.2 Å². The Labute approximate surface area is 139 Å². The summed E-state index contributed by atoms with van der Waals surface area (Å²) >= 11 is 0. The number of aryl methyl sites for hydroxylation is 1. The number of nitrogens with zero attached hydrogens (tertiary/aromatic N) is 3. The normalized spacial score (nSPS) is 11.5. The summed E-state index contributed by atoms with van der Waals surface area (Å²) in [5.41, 5.74) is 6.16. The Bertz CT molecular complexity index is 1200. The van der Waals surface area contributed by atoms with E-state index in [1.165, 1.54) is 5.56 Å². The molecule has 0 unspecified atom stereocenters. The lowest BCUT2D eigenvalue weighted by Gasteiger charge is -2.08. The molecule has 0 aliphatic carbocycles. The third-order valence-electron chi connectivity index (χ3n) is 4.48. The second kappa shape index (κ2) is 4.90. The molecule has 0 saturated heterocycles. The van der Waals surface area contributed by atoms with Crippen LogP contribution in [0.2, 0.25) is 0 Å². The van der Waals surface area contributed by atoms with Crippen molar-refractivity contribution in [3.8, 4) is 11.3 Å². The van der Waals surface area contributed by atoms with E-state index < -0.39 is 0 Å². The molecule has 0 saturated carbocycles. The van der Waals surface area contributed by atoms with Crippen LogP contribution >= 0.6 is 0 Å². The largest absolute Gasteiger partial charge is 0.284 e. The van der Waals surface area contributed by atoms with E-state index in [9.17, 15) is 0 Å². The van der Waals surface area contributed by atoms with E-state index in [1.807, 2.05) is 24.4 Å². The van der Waals surface area contributed by atoms with Gasteiger partial charge in [-0.05, 0) is 19.1 Å². The number of fused-ring (bicyclic) bond motifs is 5. The van der Waals surface area contributed by atoms with Gasteiger partial charge in [-0.1, -0.05) is 60.2 Å². The standard InChI is InChI=1S/C21H15N3/c1-14-9-11-15(12-10-14)19-16-6-2-3-7-17(16)20-21(23-19)24-13-5-4-8-18(24)22-20/h2-13H,1H3. The summed E-state index contributed by atoms with van der Waals surface area (Å²) in [6.07, 6.45) is 2.02. The lowest BCUT2D eigenvalue weighted by atomic mass is 10.0. The predicted octanol–water partition coefficient (Wildman–Crippen LogP) is 5.01. The van der Waals surface area contributed by atoms with Crippen molar-refractivity contribution in [2.75, 3.05) is 0 Å². The van der Waals surface area contributed by atoms with Gasteiger partial charge in [0.1, 0.15) is 11.2 Å². The molecule has 2 aromatic carbocycles. The van der Waals surface area contributed by atoms with Crippen molar-refractivity contribution in [2.45, 2.75) is 6.92 Å². The number of pyridine rings is 2. The zero-order valence-corrected chi connectivity index (χ0v) is 13.3. The van der Waals surface area contributed by atoms with Crippen LogP contribution in [0.1, 0.15) is 5.56 Å². The second-order valence-electron chi connectivity index (χ2n) is 6.08. The van der Waals surface area contributed by atoms with Crippen molar-refractivity contribution < 1.29 is 0 Å². The lowest BCUT2D eigenvalue weighted by Crippen LogP contribution is -1.91. The van der Waals surface area contributed by atoms with E-state index in [4.69, 9.17) is 9.97 Å². The molecule has 114 valence electrons. The summed E-state index contributed by atoms with van der Waals surface area (Å²) < 4.78 is 2.06. The fraction of sp³-hybridized carbons (Fsp3) is 0.0476. The molecule has 3 heterocycles. The van der Waals surface area contributed by atoms with Crippen LogP contribution in [0.25, 0.3) is 38.8 Å². The molecule has 0 atom stereocenters. The van der Waals surface area contributed by atoms with Crippen LogP contribution in [0.15, 0.2) is 72.9 Å². The number of benzene rings is 2. The molecular formula is C21H15N3. The minimum absolute atomic E-state index is 0.903. The van der Waals surface area contributed by atoms with Crippen LogP contribution in [0.5, 0.6) is 0 Å². The molecule has 3 heteroatoms. The molecule has 0 bridgehead atoms. The third-order valence-corrected chi connectivity index (χ3v) is 4.48. The SMILES string of the molecule is Cc1ccc(-c2nc3c(nc4ccccn43)c3ccccc23)cc1. The third kappa shape index (κ3) is 1.85. The van der Waals surface area contributed by atoms with Gasteiger partial charge in [-0.2, -0.15) is 0 Å². The molecule has 0 aliphatic rings. The van der Waals surface area contributed by atoms with Gasteiger partial charge in [0.05, 0.1) is 5.69 Å². The Morgan fingerprint density at radius 2 is 1.50 bits per heavy atom. The minimum Gasteiger partial charge on any atom is -0.284 e. The highest BCUT2D eigenvalue weighted by molar-refractivity contribution is 6.09. The summed E-state index contributed by atoms with van der Waals surface area (Å²) in [4.78, 5) is 9.78. The molecule has 0 N–H and O–H groups in total. The van der Waals surface area contributed by atoms with Crippen molar-refractivity contribution >= 4 is 27.6 Å². The molecule has 5 aromatic rings. The maximum atomic E-state index is 4.99. The van der Waals surface area contributed by atoms with Crippen LogP contribution in [0.4, 0.5) is 0 Å². The highest BCUT2D eigenvalue weighted by atomic mass is 15.1. The van der Waals surface area contributed by atoms with Gasteiger partial charge in [-0.25, -0.2) is 9.97 Å². The van der Waals surface area contributed by atoms with E-state index in [2.05, 4.69) is 59.9 Å². The number of imidazole rings is 1. The van der Waals surface area contributed by atoms with Gasteiger partial charge < -0.3 is 0 Å². The van der Waals surface area contributed by atoms with Crippen LogP contribution < -0.4 is 0 Å². The average Bonchev–Trinajstić information content (AvgIpc) is 3.01. The van der Waals surface area contributed by atoms with Crippen molar-refractivity contribution in [1.82, 2.24) is 14.4 Å². The summed E-state index contributed by atoms with van der Waals surface area (Å²) in [6.45, 7) is 2.10. The quantitative estimate of drug-likeness (QED) is 0.435. The first-order valence-electron chi connectivity index (χ1n) is 8.04. The first-order chi connectivity index (χ1) is 11.8. The molecule has 0 amide bonds. The van der Waals surface area contributed by atoms with E-state index in [0.29, 0.717) is 0 Å². The summed E-state index contributed by atoms with van der Waals surface area (Å²) in [6, 6.07) is 22.9. The van der Waals surface area contributed by atoms with E-state index in [0.717, 1.165) is 38.8 Å². The Hall–Kier alpha value is -3.20. The van der Waals surface area contributed by atoms with Crippen LogP contribution in [0, 0.1) is 6.92 Å². The Morgan fingerprint density at radius 3 is 2.33 bits per heavy atom. The van der Waals surface area contributed by atoms with Crippen molar-refractivity contribution in [3.05, 3.63) is 78.5 Å². The Morgan fingerprint density at radius 1 is 0.750 bits per heavy atom. The van der Waals surface area contributed by atoms with Crippen molar-refractivity contribution in [1.29, 1.82) is 0 Å². The zero-order valence-electron chi connectivity index (χ0n) is 13.3. The van der Waals surface area contributed by atoms with Gasteiger partial charge in [0.15, 0.2) is 5.65 Å². The molecule has 3 aromatic heterocycles. The van der Waals surface area contributed by atoms with Gasteiger partial charge in [0, 0.05) is 22.5 Å². The molecule has 0 fully saturated rings. The maximum absolute atomic E-state index is 4.99. The Balaban J connectivity index is 1.97. The van der Waals surface area contributed by atoms with Crippen LogP contribution in [-0.4, -0.2) is 14.4 Å². The fourth-order valence-corrected chi connectivity index (χ4v) is 3.26. The highest BCUT2D eigenvalue weighted by Gasteiger charge is 2.14. The molecule has 0 radical (unpaired) electrons. The first-order valence-corrected chi connectivity index (χ1v) is 8.04. The molecule has 3 nitrogen and oxygen atoms in total. The summed E-state index contributed by atoms with van der Waals surface area (Å²) in [5.74, 6) is 0. The molecule has 0 aliphatic heterocycles. The highest BCUT2D eigenvalue weighted by Crippen LogP contribution is 2.32. The monoisotopic (exact) mass is 309 g/mol. The van der Waals surface area contributed by atoms with Crippen molar-refractivity contribution in [2.24, 2.45) is 0 Å². The summed E-state index contributed by atoms with van der Waals surface area (Å²) in [7, 11) is 0. The fourth-order valence-electron chi connectivity index (χ4n) is 3.26. The number of hydrogen-bond acceptors (Lipinski definition) is 2. The number of rotatable bonds is 1. The number of aromatic nitrogens is 3. The first kappa shape index (κ1) is 13.3. The van der Waals surface area contributed by atoms with Crippen LogP contribution in [0.3, 0.4) is 0 Å². The second-order valence-corrected chi connectivity index (χ2v) is 6.08.